The van der Waals surface area contributed by atoms with Crippen LogP contribution in [0.15, 0.2) is 53.0 Å². The second-order valence-electron chi connectivity index (χ2n) is 4.36. The van der Waals surface area contributed by atoms with E-state index in [0.717, 1.165) is 4.47 Å². The Hall–Kier alpha value is -2.34. The molecule has 0 aliphatic heterocycles. The van der Waals surface area contributed by atoms with Gasteiger partial charge in [0.25, 0.3) is 0 Å². The lowest BCUT2D eigenvalue weighted by molar-refractivity contribution is 0.0526. The summed E-state index contributed by atoms with van der Waals surface area (Å²) in [7, 11) is 0. The van der Waals surface area contributed by atoms with Gasteiger partial charge in [0.15, 0.2) is 0 Å². The average Bonchev–Trinajstić information content (AvgIpc) is 2.50. The fourth-order valence-electron chi connectivity index (χ4n) is 1.75. The Morgan fingerprint density at radius 1 is 1.05 bits per heavy atom. The van der Waals surface area contributed by atoms with Crippen molar-refractivity contribution in [3.63, 3.8) is 0 Å². The van der Waals surface area contributed by atoms with Crippen LogP contribution in [0.5, 0.6) is 0 Å². The van der Waals surface area contributed by atoms with Crippen LogP contribution in [0.2, 0.25) is 0 Å². The van der Waals surface area contributed by atoms with Crippen LogP contribution in [-0.2, 0) is 4.74 Å². The zero-order valence-corrected chi connectivity index (χ0v) is 13.5. The molecule has 0 aliphatic rings. The van der Waals surface area contributed by atoms with E-state index in [1.807, 2.05) is 18.2 Å². The SMILES string of the molecule is CCOC(=O)c1ccc(NC(=O)Nc2ccccc2Br)cc1. The number of hydrogen-bond donors (Lipinski definition) is 2. The van der Waals surface area contributed by atoms with Crippen molar-refractivity contribution in [2.75, 3.05) is 17.2 Å². The molecule has 0 saturated carbocycles. The Labute approximate surface area is 136 Å². The van der Waals surface area contributed by atoms with Crippen molar-refractivity contribution < 1.29 is 14.3 Å². The number of nitrogens with one attached hydrogen (secondary N) is 2. The number of rotatable bonds is 4. The molecule has 0 unspecified atom stereocenters. The molecular formula is C16H15BrN2O3. The molecule has 5 nitrogen and oxygen atoms in total. The molecular weight excluding hydrogens is 348 g/mol. The van der Waals surface area contributed by atoms with Crippen molar-refractivity contribution in [2.45, 2.75) is 6.92 Å². The van der Waals surface area contributed by atoms with Gasteiger partial charge in [0.1, 0.15) is 0 Å². The number of para-hydroxylation sites is 1. The maximum atomic E-state index is 11.9. The van der Waals surface area contributed by atoms with E-state index in [9.17, 15) is 9.59 Å². The van der Waals surface area contributed by atoms with E-state index in [1.54, 1.807) is 37.3 Å². The highest BCUT2D eigenvalue weighted by atomic mass is 79.9. The number of halogens is 1. The van der Waals surface area contributed by atoms with Crippen LogP contribution in [0, 0.1) is 0 Å². The van der Waals surface area contributed by atoms with Gasteiger partial charge in [-0.2, -0.15) is 0 Å². The van der Waals surface area contributed by atoms with Gasteiger partial charge in [0.05, 0.1) is 17.9 Å². The standard InChI is InChI=1S/C16H15BrN2O3/c1-2-22-15(20)11-7-9-12(10-8-11)18-16(21)19-14-6-4-3-5-13(14)17/h3-10H,2H2,1H3,(H2,18,19,21). The van der Waals surface area contributed by atoms with Crippen molar-refractivity contribution in [3.8, 4) is 0 Å². The number of carbonyl (C=O) groups is 2. The highest BCUT2D eigenvalue weighted by Gasteiger charge is 2.08. The summed E-state index contributed by atoms with van der Waals surface area (Å²) in [4.78, 5) is 23.5. The van der Waals surface area contributed by atoms with Gasteiger partial charge in [-0.05, 0) is 59.3 Å². The Bertz CT molecular complexity index is 671. The summed E-state index contributed by atoms with van der Waals surface area (Å²) >= 11 is 3.36. The van der Waals surface area contributed by atoms with E-state index in [0.29, 0.717) is 23.5 Å². The molecule has 0 saturated heterocycles. The largest absolute Gasteiger partial charge is 0.462 e. The predicted molar refractivity (Wildman–Crippen MR) is 89.2 cm³/mol. The second kappa shape index (κ2) is 7.61. The Morgan fingerprint density at radius 3 is 2.36 bits per heavy atom. The van der Waals surface area contributed by atoms with Crippen LogP contribution >= 0.6 is 15.9 Å². The molecule has 0 aliphatic carbocycles. The molecule has 0 spiro atoms. The summed E-state index contributed by atoms with van der Waals surface area (Å²) in [5, 5.41) is 5.42. The number of hydrogen-bond acceptors (Lipinski definition) is 3. The van der Waals surface area contributed by atoms with E-state index in [4.69, 9.17) is 4.74 Å². The lowest BCUT2D eigenvalue weighted by Crippen LogP contribution is -2.19. The summed E-state index contributed by atoms with van der Waals surface area (Å²) in [6.45, 7) is 2.08. The highest BCUT2D eigenvalue weighted by molar-refractivity contribution is 9.10. The van der Waals surface area contributed by atoms with Gasteiger partial charge in [0, 0.05) is 10.2 Å². The summed E-state index contributed by atoms with van der Waals surface area (Å²) in [5.41, 5.74) is 1.69. The first-order chi connectivity index (χ1) is 10.6. The molecule has 114 valence electrons. The van der Waals surface area contributed by atoms with Crippen LogP contribution in [0.25, 0.3) is 0 Å². The second-order valence-corrected chi connectivity index (χ2v) is 5.21. The summed E-state index contributed by atoms with van der Waals surface area (Å²) in [6.07, 6.45) is 0. The van der Waals surface area contributed by atoms with Crippen LogP contribution in [-0.4, -0.2) is 18.6 Å². The van der Waals surface area contributed by atoms with Crippen molar-refractivity contribution >= 4 is 39.3 Å². The molecule has 0 atom stereocenters. The Morgan fingerprint density at radius 2 is 1.73 bits per heavy atom. The molecule has 0 heterocycles. The van der Waals surface area contributed by atoms with Crippen LogP contribution < -0.4 is 10.6 Å². The van der Waals surface area contributed by atoms with Crippen LogP contribution in [0.4, 0.5) is 16.2 Å². The first-order valence-corrected chi connectivity index (χ1v) is 7.49. The number of benzene rings is 2. The van der Waals surface area contributed by atoms with E-state index in [1.165, 1.54) is 0 Å². The average molecular weight is 363 g/mol. The van der Waals surface area contributed by atoms with Crippen LogP contribution in [0.3, 0.4) is 0 Å². The van der Waals surface area contributed by atoms with Crippen molar-refractivity contribution in [1.29, 1.82) is 0 Å². The van der Waals surface area contributed by atoms with Gasteiger partial charge in [-0.3, -0.25) is 0 Å². The fraction of sp³-hybridized carbons (Fsp3) is 0.125. The summed E-state index contributed by atoms with van der Waals surface area (Å²) in [5.74, 6) is -0.383. The van der Waals surface area contributed by atoms with Gasteiger partial charge < -0.3 is 15.4 Å². The molecule has 2 N–H and O–H groups in total. The van der Waals surface area contributed by atoms with E-state index < -0.39 is 0 Å². The molecule has 0 bridgehead atoms. The van der Waals surface area contributed by atoms with Crippen LogP contribution in [0.1, 0.15) is 17.3 Å². The van der Waals surface area contributed by atoms with Crippen molar-refractivity contribution in [2.24, 2.45) is 0 Å². The zero-order valence-electron chi connectivity index (χ0n) is 11.9. The molecule has 0 aromatic heterocycles. The molecule has 2 rings (SSSR count). The number of anilines is 2. The fourth-order valence-corrected chi connectivity index (χ4v) is 2.14. The zero-order chi connectivity index (χ0) is 15.9. The third-order valence-corrected chi connectivity index (χ3v) is 3.47. The van der Waals surface area contributed by atoms with Gasteiger partial charge in [-0.25, -0.2) is 9.59 Å². The molecule has 2 aromatic carbocycles. The van der Waals surface area contributed by atoms with E-state index >= 15 is 0 Å². The molecule has 2 amide bonds. The minimum atomic E-state index is -0.383. The number of esters is 1. The predicted octanol–water partition coefficient (Wildman–Crippen LogP) is 4.27. The number of carbonyl (C=O) groups excluding carboxylic acids is 2. The Kier molecular flexibility index (Phi) is 5.55. The normalized spacial score (nSPS) is 9.91. The van der Waals surface area contributed by atoms with E-state index in [2.05, 4.69) is 26.6 Å². The first-order valence-electron chi connectivity index (χ1n) is 6.70. The van der Waals surface area contributed by atoms with Crippen molar-refractivity contribution in [3.05, 3.63) is 58.6 Å². The molecule has 0 fully saturated rings. The highest BCUT2D eigenvalue weighted by Crippen LogP contribution is 2.21. The maximum absolute atomic E-state index is 11.9. The topological polar surface area (TPSA) is 67.4 Å². The Balaban J connectivity index is 1.97. The monoisotopic (exact) mass is 362 g/mol. The minimum Gasteiger partial charge on any atom is -0.462 e. The van der Waals surface area contributed by atoms with Gasteiger partial charge in [-0.15, -0.1) is 0 Å². The third-order valence-electron chi connectivity index (χ3n) is 2.78. The maximum Gasteiger partial charge on any atom is 0.338 e. The van der Waals surface area contributed by atoms with Gasteiger partial charge >= 0.3 is 12.0 Å². The summed E-state index contributed by atoms with van der Waals surface area (Å²) < 4.78 is 5.69. The number of urea groups is 1. The van der Waals surface area contributed by atoms with Gasteiger partial charge in [-0.1, -0.05) is 12.1 Å². The molecule has 6 heteroatoms. The third kappa shape index (κ3) is 4.33. The number of ether oxygens (including phenoxy) is 1. The van der Waals surface area contributed by atoms with E-state index in [-0.39, 0.29) is 12.0 Å². The van der Waals surface area contributed by atoms with Crippen molar-refractivity contribution in [1.82, 2.24) is 0 Å². The molecule has 22 heavy (non-hydrogen) atoms. The smallest absolute Gasteiger partial charge is 0.338 e. The lowest BCUT2D eigenvalue weighted by Gasteiger charge is -2.09. The minimum absolute atomic E-state index is 0.327. The van der Waals surface area contributed by atoms with Gasteiger partial charge in [0.2, 0.25) is 0 Å². The molecule has 0 radical (unpaired) electrons. The molecule has 2 aromatic rings. The summed E-state index contributed by atoms with van der Waals surface area (Å²) in [6, 6.07) is 13.4. The first kappa shape index (κ1) is 16.0. The quantitative estimate of drug-likeness (QED) is 0.798. The number of amides is 2. The lowest BCUT2D eigenvalue weighted by atomic mass is 10.2.